The van der Waals surface area contributed by atoms with Gasteiger partial charge in [-0.15, -0.1) is 0 Å². The number of hydrogen-bond acceptors (Lipinski definition) is 4. The van der Waals surface area contributed by atoms with Crippen LogP contribution >= 0.6 is 11.3 Å². The van der Waals surface area contributed by atoms with Crippen molar-refractivity contribution in [2.24, 2.45) is 5.92 Å². The molecule has 31 heavy (non-hydrogen) atoms. The summed E-state index contributed by atoms with van der Waals surface area (Å²) >= 11 is 1.89. The Morgan fingerprint density at radius 3 is 2.77 bits per heavy atom. The van der Waals surface area contributed by atoms with E-state index in [-0.39, 0.29) is 27.7 Å². The number of fused-ring (bicyclic) bond motifs is 3. The molecule has 0 aliphatic heterocycles. The van der Waals surface area contributed by atoms with Crippen LogP contribution in [0.15, 0.2) is 18.2 Å². The van der Waals surface area contributed by atoms with Gasteiger partial charge in [-0.25, -0.2) is 0 Å². The van der Waals surface area contributed by atoms with Crippen LogP contribution in [0.25, 0.3) is 11.3 Å². The Morgan fingerprint density at radius 2 is 2.03 bits per heavy atom. The molecule has 1 amide bonds. The van der Waals surface area contributed by atoms with Crippen LogP contribution in [0.1, 0.15) is 63.3 Å². The van der Waals surface area contributed by atoms with Gasteiger partial charge in [0.1, 0.15) is 0 Å². The molecule has 0 saturated heterocycles. The summed E-state index contributed by atoms with van der Waals surface area (Å²) < 4.78 is 21.2. The molecule has 7 heteroatoms. The number of halogens is 1. The van der Waals surface area contributed by atoms with Crippen LogP contribution in [0.4, 0.5) is 9.18 Å². The quantitative estimate of drug-likeness (QED) is 0.576. The fraction of sp³-hybridized carbons (Fsp3) is 0.583. The summed E-state index contributed by atoms with van der Waals surface area (Å²) in [4.78, 5) is 18.2. The Labute approximate surface area is 195 Å². The number of hydrogen-bond donors (Lipinski definition) is 1. The van der Waals surface area contributed by atoms with Crippen LogP contribution in [-0.4, -0.2) is 39.0 Å². The first-order valence-corrected chi connectivity index (χ1v) is 14.1. The van der Waals surface area contributed by atoms with Crippen molar-refractivity contribution < 1.29 is 13.9 Å². The molecule has 4 rings (SSSR count). The first-order chi connectivity index (χ1) is 14.8. The maximum absolute atomic E-state index is 13.9. The third-order valence-electron chi connectivity index (χ3n) is 5.91. The van der Waals surface area contributed by atoms with Gasteiger partial charge < -0.3 is 0 Å². The second-order valence-corrected chi connectivity index (χ2v) is 14.3. The molecule has 0 atom stereocenters. The molecule has 167 valence electrons. The van der Waals surface area contributed by atoms with E-state index in [9.17, 15) is 9.18 Å². The molecule has 1 radical (unpaired) electrons. The molecule has 2 aromatic rings. The molecule has 1 N–H and O–H groups in total. The van der Waals surface area contributed by atoms with Crippen molar-refractivity contribution in [3.63, 3.8) is 0 Å². The van der Waals surface area contributed by atoms with Gasteiger partial charge in [0.2, 0.25) is 0 Å². The van der Waals surface area contributed by atoms with Gasteiger partial charge in [-0.2, -0.15) is 0 Å². The number of amides is 1. The van der Waals surface area contributed by atoms with E-state index in [2.05, 4.69) is 5.32 Å². The maximum atomic E-state index is 13.9. The van der Waals surface area contributed by atoms with E-state index in [1.54, 1.807) is 12.1 Å². The number of nitrogens with one attached hydrogen (secondary N) is 1. The average molecular weight is 506 g/mol. The van der Waals surface area contributed by atoms with Crippen LogP contribution in [0, 0.1) is 11.7 Å². The average Bonchev–Trinajstić information content (AvgIpc) is 3.02. The number of nitrogens with zero attached hydrogens (tertiary/aromatic N) is 1. The minimum atomic E-state index is -0.455. The second-order valence-electron chi connectivity index (χ2n) is 9.61. The Morgan fingerprint density at radius 1 is 1.26 bits per heavy atom. The number of benzene rings is 1. The summed E-state index contributed by atoms with van der Waals surface area (Å²) in [7, 11) is 0. The molecule has 1 saturated carbocycles. The summed E-state index contributed by atoms with van der Waals surface area (Å²) in [5, 5.41) is 2.93. The monoisotopic (exact) mass is 505 g/mol. The van der Waals surface area contributed by atoms with Crippen LogP contribution in [-0.2, 0) is 17.6 Å². The Bertz CT molecular complexity index is 932. The number of rotatable bonds is 4. The zero-order valence-electron chi connectivity index (χ0n) is 18.5. The molecule has 2 aliphatic carbocycles. The Balaban J connectivity index is 1.31. The van der Waals surface area contributed by atoms with Crippen molar-refractivity contribution in [3.8, 4) is 11.3 Å². The van der Waals surface area contributed by atoms with E-state index in [0.29, 0.717) is 12.5 Å². The molecule has 2 aliphatic rings. The fourth-order valence-corrected chi connectivity index (χ4v) is 9.24. The molecule has 0 bridgehead atoms. The van der Waals surface area contributed by atoms with E-state index in [0.717, 1.165) is 48.1 Å². The molecule has 0 unspecified atom stereocenters. The van der Waals surface area contributed by atoms with Gasteiger partial charge in [-0.1, -0.05) is 0 Å². The molecule has 0 spiro atoms. The topological polar surface area (TPSA) is 51.2 Å². The standard InChI is InChI=1S/C24H31AsFN2O2S/c1-24(2,3)30-23(29)27-14-15-7-10-17(11-8-15)25-22-28-21-19-13-18(26)12-9-16(19)5-4-6-20(21)31-22/h9,12-13,15,17H,4-8,10-11,14H2,1-3H3,(H,27,29). The van der Waals surface area contributed by atoms with Gasteiger partial charge >= 0.3 is 195 Å². The summed E-state index contributed by atoms with van der Waals surface area (Å²) in [5.41, 5.74) is 2.82. The normalized spacial score (nSPS) is 21.4. The van der Waals surface area contributed by atoms with Gasteiger partial charge in [0.25, 0.3) is 0 Å². The van der Waals surface area contributed by atoms with Crippen molar-refractivity contribution in [3.05, 3.63) is 34.5 Å². The molecular formula is C24H31AsFN2O2S. The predicted octanol–water partition coefficient (Wildman–Crippen LogP) is 5.27. The van der Waals surface area contributed by atoms with Crippen molar-refractivity contribution in [1.29, 1.82) is 0 Å². The van der Waals surface area contributed by atoms with Crippen LogP contribution in [0.2, 0.25) is 4.71 Å². The van der Waals surface area contributed by atoms with E-state index in [1.165, 1.54) is 27.1 Å². The summed E-state index contributed by atoms with van der Waals surface area (Å²) in [6, 6.07) is 5.17. The van der Waals surface area contributed by atoms with E-state index in [4.69, 9.17) is 9.72 Å². The van der Waals surface area contributed by atoms with E-state index < -0.39 is 5.60 Å². The number of carbonyl (C=O) groups excluding carboxylic acids is 1. The number of thiazole rings is 1. The van der Waals surface area contributed by atoms with Gasteiger partial charge in [0.05, 0.1) is 0 Å². The van der Waals surface area contributed by atoms with Gasteiger partial charge in [-0.05, 0) is 0 Å². The van der Waals surface area contributed by atoms with Gasteiger partial charge in [0, 0.05) is 0 Å². The minimum absolute atomic E-state index is 0.0284. The van der Waals surface area contributed by atoms with Gasteiger partial charge in [-0.3, -0.25) is 0 Å². The van der Waals surface area contributed by atoms with E-state index in [1.807, 2.05) is 38.2 Å². The molecule has 1 aromatic heterocycles. The van der Waals surface area contributed by atoms with Crippen molar-refractivity contribution in [1.82, 2.24) is 10.3 Å². The van der Waals surface area contributed by atoms with Crippen molar-refractivity contribution >= 4 is 37.0 Å². The number of alkyl carbamates (subject to hydrolysis) is 1. The molecule has 1 heterocycles. The zero-order valence-corrected chi connectivity index (χ0v) is 21.2. The first-order valence-electron chi connectivity index (χ1n) is 11.2. The van der Waals surface area contributed by atoms with Crippen molar-refractivity contribution in [2.45, 2.75) is 76.0 Å². The molecular weight excluding hydrogens is 474 g/mol. The predicted molar refractivity (Wildman–Crippen MR) is 125 cm³/mol. The SMILES string of the molecule is CC(C)(C)OC(=O)NCC1CCC([As]c2nc3c(s2)CCCc2ccc(F)cc2-3)CC1. The summed E-state index contributed by atoms with van der Waals surface area (Å²) in [6.07, 6.45) is 7.55. The number of aromatic nitrogens is 1. The molecule has 1 fully saturated rings. The Kier molecular flexibility index (Phi) is 7.07. The van der Waals surface area contributed by atoms with Crippen LogP contribution in [0.5, 0.6) is 0 Å². The molecule has 1 aromatic carbocycles. The van der Waals surface area contributed by atoms with Crippen LogP contribution in [0.3, 0.4) is 0 Å². The first kappa shape index (κ1) is 22.8. The second kappa shape index (κ2) is 9.62. The summed E-state index contributed by atoms with van der Waals surface area (Å²) in [6.45, 7) is 6.35. The zero-order chi connectivity index (χ0) is 22.0. The van der Waals surface area contributed by atoms with Gasteiger partial charge in [0.15, 0.2) is 0 Å². The third-order valence-corrected chi connectivity index (χ3v) is 10.5. The summed E-state index contributed by atoms with van der Waals surface area (Å²) in [5.74, 6) is 0.362. The number of carbonyl (C=O) groups is 1. The number of aryl methyl sites for hydroxylation is 2. The van der Waals surface area contributed by atoms with Crippen molar-refractivity contribution in [2.75, 3.05) is 6.54 Å². The fourth-order valence-electron chi connectivity index (χ4n) is 4.38. The van der Waals surface area contributed by atoms with Crippen LogP contribution < -0.4 is 9.11 Å². The Hall–Kier alpha value is -1.39. The van der Waals surface area contributed by atoms with E-state index >= 15 is 0 Å². The third kappa shape index (κ3) is 6.10. The molecule has 4 nitrogen and oxygen atoms in total. The number of ether oxygens (including phenoxy) is 1.